The molecule has 1 aromatic carbocycles. The monoisotopic (exact) mass is 332 g/mol. The summed E-state index contributed by atoms with van der Waals surface area (Å²) < 4.78 is 0. The Balaban J connectivity index is 2.04. The second-order valence-electron chi connectivity index (χ2n) is 6.40. The highest BCUT2D eigenvalue weighted by molar-refractivity contribution is 5.80. The van der Waals surface area contributed by atoms with Crippen LogP contribution in [0.4, 0.5) is 5.69 Å². The molecule has 0 aliphatic heterocycles. The molecule has 1 saturated carbocycles. The summed E-state index contributed by atoms with van der Waals surface area (Å²) >= 11 is 0. The van der Waals surface area contributed by atoms with Crippen LogP contribution in [-0.4, -0.2) is 32.9 Å². The van der Waals surface area contributed by atoms with Crippen molar-refractivity contribution in [3.8, 4) is 0 Å². The zero-order valence-corrected chi connectivity index (χ0v) is 13.5. The van der Waals surface area contributed by atoms with Crippen molar-refractivity contribution in [2.75, 3.05) is 7.05 Å². The number of nitro benzene ring substituents is 1. The van der Waals surface area contributed by atoms with Gasteiger partial charge in [0.2, 0.25) is 0 Å². The first-order valence-electron chi connectivity index (χ1n) is 8.09. The molecule has 1 aromatic heterocycles. The van der Waals surface area contributed by atoms with Gasteiger partial charge in [-0.1, -0.05) is 19.3 Å². The first-order chi connectivity index (χ1) is 11.5. The molecule has 1 fully saturated rings. The van der Waals surface area contributed by atoms with E-state index in [1.807, 2.05) is 7.05 Å². The van der Waals surface area contributed by atoms with E-state index in [4.69, 9.17) is 0 Å². The summed E-state index contributed by atoms with van der Waals surface area (Å²) in [6, 6.07) is 3.18. The fourth-order valence-corrected chi connectivity index (χ4v) is 3.43. The Labute approximate surface area is 137 Å². The summed E-state index contributed by atoms with van der Waals surface area (Å²) in [5.41, 5.74) is -0.293. The van der Waals surface area contributed by atoms with Gasteiger partial charge in [-0.05, 0) is 25.5 Å². The third-order valence-corrected chi connectivity index (χ3v) is 4.73. The summed E-state index contributed by atoms with van der Waals surface area (Å²) in [6.45, 7) is 0.477. The van der Waals surface area contributed by atoms with Crippen molar-refractivity contribution >= 4 is 16.7 Å². The van der Waals surface area contributed by atoms with Crippen LogP contribution in [-0.2, 0) is 6.54 Å². The number of rotatable bonds is 4. The number of nitro groups is 1. The van der Waals surface area contributed by atoms with Gasteiger partial charge < -0.3 is 9.97 Å². The molecule has 3 rings (SSSR count). The number of H-pyrrole nitrogens is 2. The molecule has 2 N–H and O–H groups in total. The summed E-state index contributed by atoms with van der Waals surface area (Å²) in [6.07, 6.45) is 5.84. The first-order valence-corrected chi connectivity index (χ1v) is 8.09. The van der Waals surface area contributed by atoms with Gasteiger partial charge in [-0.25, -0.2) is 0 Å². The molecule has 128 valence electrons. The van der Waals surface area contributed by atoms with E-state index in [9.17, 15) is 19.7 Å². The fourth-order valence-electron chi connectivity index (χ4n) is 3.43. The van der Waals surface area contributed by atoms with E-state index in [2.05, 4.69) is 14.9 Å². The number of nitrogens with one attached hydrogen (secondary N) is 2. The summed E-state index contributed by atoms with van der Waals surface area (Å²) in [5, 5.41) is 11.2. The zero-order valence-electron chi connectivity index (χ0n) is 13.5. The van der Waals surface area contributed by atoms with E-state index in [0.29, 0.717) is 23.7 Å². The molecule has 1 heterocycles. The maximum absolute atomic E-state index is 11.6. The van der Waals surface area contributed by atoms with E-state index in [1.54, 1.807) is 0 Å². The average Bonchev–Trinajstić information content (AvgIpc) is 2.57. The van der Waals surface area contributed by atoms with Crippen molar-refractivity contribution in [3.05, 3.63) is 48.5 Å². The Hall–Kier alpha value is -2.48. The predicted octanol–water partition coefficient (Wildman–Crippen LogP) is 1.89. The van der Waals surface area contributed by atoms with E-state index < -0.39 is 16.0 Å². The second kappa shape index (κ2) is 6.56. The van der Waals surface area contributed by atoms with Crippen molar-refractivity contribution in [1.82, 2.24) is 14.9 Å². The minimum atomic E-state index is -0.811. The quantitative estimate of drug-likeness (QED) is 0.504. The molecule has 0 saturated heterocycles. The van der Waals surface area contributed by atoms with Gasteiger partial charge in [0.25, 0.3) is 5.69 Å². The number of nitrogens with zero attached hydrogens (tertiary/aromatic N) is 2. The number of hydrogen-bond acceptors (Lipinski definition) is 5. The normalized spacial score (nSPS) is 15.9. The van der Waals surface area contributed by atoms with E-state index in [-0.39, 0.29) is 11.2 Å². The maximum atomic E-state index is 11.6. The minimum Gasteiger partial charge on any atom is -0.316 e. The smallest absolute Gasteiger partial charge is 0.314 e. The molecule has 8 nitrogen and oxygen atoms in total. The molecule has 1 aliphatic rings. The Morgan fingerprint density at radius 1 is 1.17 bits per heavy atom. The van der Waals surface area contributed by atoms with Gasteiger partial charge in [0, 0.05) is 24.7 Å². The standard InChI is InChI=1S/C16H20N4O4/c1-19(11-5-3-2-4-6-11)9-10-7-12(20(23)24)8-13-14(10)18-16(22)15(21)17-13/h7-8,11H,2-6,9H2,1H3,(H,17,21)(H,18,22). The SMILES string of the molecule is CN(Cc1cc([N+](=O)[O-])cc2[nH]c(=O)c(=O)[nH]c12)C1CCCCC1. The average molecular weight is 332 g/mol. The molecule has 0 amide bonds. The Bertz CT molecular complexity index is 880. The van der Waals surface area contributed by atoms with Gasteiger partial charge in [-0.2, -0.15) is 0 Å². The van der Waals surface area contributed by atoms with Gasteiger partial charge >= 0.3 is 11.1 Å². The maximum Gasteiger partial charge on any atom is 0.314 e. The van der Waals surface area contributed by atoms with Gasteiger partial charge in [-0.15, -0.1) is 0 Å². The van der Waals surface area contributed by atoms with Crippen LogP contribution in [0.25, 0.3) is 11.0 Å². The second-order valence-corrected chi connectivity index (χ2v) is 6.40. The van der Waals surface area contributed by atoms with Crippen molar-refractivity contribution < 1.29 is 4.92 Å². The number of non-ortho nitro benzene ring substituents is 1. The molecule has 1 aliphatic carbocycles. The lowest BCUT2D eigenvalue weighted by Crippen LogP contribution is -2.33. The van der Waals surface area contributed by atoms with Gasteiger partial charge in [-0.3, -0.25) is 24.6 Å². The zero-order chi connectivity index (χ0) is 17.3. The highest BCUT2D eigenvalue weighted by Gasteiger charge is 2.20. The van der Waals surface area contributed by atoms with Crippen molar-refractivity contribution in [2.45, 2.75) is 44.7 Å². The van der Waals surface area contributed by atoms with Gasteiger partial charge in [0.1, 0.15) is 0 Å². The number of aromatic amines is 2. The third-order valence-electron chi connectivity index (χ3n) is 4.73. The molecule has 24 heavy (non-hydrogen) atoms. The number of hydrogen-bond donors (Lipinski definition) is 2. The van der Waals surface area contributed by atoms with Crippen molar-refractivity contribution in [2.24, 2.45) is 0 Å². The lowest BCUT2D eigenvalue weighted by Gasteiger charge is -2.31. The summed E-state index contributed by atoms with van der Waals surface area (Å²) in [5.74, 6) is 0. The van der Waals surface area contributed by atoms with E-state index in [0.717, 1.165) is 12.8 Å². The predicted molar refractivity (Wildman–Crippen MR) is 90.2 cm³/mol. The third kappa shape index (κ3) is 3.23. The first kappa shape index (κ1) is 16.4. The molecule has 2 aromatic rings. The van der Waals surface area contributed by atoms with Gasteiger partial charge in [0.05, 0.1) is 16.0 Å². The van der Waals surface area contributed by atoms with Crippen LogP contribution < -0.4 is 11.1 Å². The number of benzene rings is 1. The molecular weight excluding hydrogens is 312 g/mol. The molecule has 0 unspecified atom stereocenters. The molecule has 0 spiro atoms. The molecule has 8 heteroatoms. The van der Waals surface area contributed by atoms with E-state index in [1.165, 1.54) is 31.4 Å². The fraction of sp³-hybridized carbons (Fsp3) is 0.500. The van der Waals surface area contributed by atoms with Crippen LogP contribution in [0.1, 0.15) is 37.7 Å². The molecule has 0 atom stereocenters. The van der Waals surface area contributed by atoms with Crippen LogP contribution >= 0.6 is 0 Å². The highest BCUT2D eigenvalue weighted by Crippen LogP contribution is 2.26. The molecular formula is C16H20N4O4. The Kier molecular flexibility index (Phi) is 4.48. The van der Waals surface area contributed by atoms with Crippen LogP contribution in [0.2, 0.25) is 0 Å². The lowest BCUT2D eigenvalue weighted by atomic mass is 9.94. The van der Waals surface area contributed by atoms with Crippen LogP contribution in [0, 0.1) is 10.1 Å². The van der Waals surface area contributed by atoms with Crippen molar-refractivity contribution in [3.63, 3.8) is 0 Å². The van der Waals surface area contributed by atoms with E-state index >= 15 is 0 Å². The molecule has 0 radical (unpaired) electrons. The van der Waals surface area contributed by atoms with Crippen LogP contribution in [0.15, 0.2) is 21.7 Å². The summed E-state index contributed by atoms with van der Waals surface area (Å²) in [4.78, 5) is 41.0. The van der Waals surface area contributed by atoms with Crippen molar-refractivity contribution in [1.29, 1.82) is 0 Å². The largest absolute Gasteiger partial charge is 0.316 e. The highest BCUT2D eigenvalue weighted by atomic mass is 16.6. The molecule has 0 bridgehead atoms. The minimum absolute atomic E-state index is 0.0998. The lowest BCUT2D eigenvalue weighted by molar-refractivity contribution is -0.384. The Morgan fingerprint density at radius 3 is 2.50 bits per heavy atom. The topological polar surface area (TPSA) is 112 Å². The van der Waals surface area contributed by atoms with Crippen LogP contribution in [0.5, 0.6) is 0 Å². The summed E-state index contributed by atoms with van der Waals surface area (Å²) in [7, 11) is 1.99. The Morgan fingerprint density at radius 2 is 1.83 bits per heavy atom. The van der Waals surface area contributed by atoms with Crippen LogP contribution in [0.3, 0.4) is 0 Å². The number of aromatic nitrogens is 2. The number of fused-ring (bicyclic) bond motifs is 1. The van der Waals surface area contributed by atoms with Gasteiger partial charge in [0.15, 0.2) is 0 Å².